The van der Waals surface area contributed by atoms with Crippen molar-refractivity contribution in [2.75, 3.05) is 19.8 Å². The highest BCUT2D eigenvalue weighted by molar-refractivity contribution is 14.1. The Balaban J connectivity index is 2.08. The summed E-state index contributed by atoms with van der Waals surface area (Å²) in [5.74, 6) is -0.888. The lowest BCUT2D eigenvalue weighted by molar-refractivity contribution is -0.139. The predicted octanol–water partition coefficient (Wildman–Crippen LogP) is 3.81. The van der Waals surface area contributed by atoms with Gasteiger partial charge in [-0.15, -0.1) is 0 Å². The maximum atomic E-state index is 12.4. The van der Waals surface area contributed by atoms with E-state index in [9.17, 15) is 14.9 Å². The molecule has 0 heterocycles. The third kappa shape index (κ3) is 7.94. The Kier molecular flexibility index (Phi) is 9.84. The summed E-state index contributed by atoms with van der Waals surface area (Å²) >= 11 is 2.00. The normalized spacial score (nSPS) is 10.8. The molecule has 162 valence electrons. The van der Waals surface area contributed by atoms with E-state index in [0.29, 0.717) is 33.8 Å². The smallest absolute Gasteiger partial charge is 0.341 e. The van der Waals surface area contributed by atoms with E-state index in [1.54, 1.807) is 19.1 Å². The van der Waals surface area contributed by atoms with Crippen molar-refractivity contribution >= 4 is 40.5 Å². The van der Waals surface area contributed by atoms with Gasteiger partial charge in [0, 0.05) is 6.54 Å². The van der Waals surface area contributed by atoms with Gasteiger partial charge in [-0.1, -0.05) is 30.3 Å². The molecule has 0 atom stereocenters. The zero-order valence-electron chi connectivity index (χ0n) is 17.1. The van der Waals surface area contributed by atoms with Gasteiger partial charge in [0.15, 0.2) is 18.1 Å². The SMILES string of the molecule is CCOc1cc(/C=C(/C#N)C(=O)NCCCc2ccccc2)cc(I)c1OCC(=O)O. The Hall–Kier alpha value is -3.06. The molecule has 1 amide bonds. The van der Waals surface area contributed by atoms with Gasteiger partial charge in [-0.05, 0) is 71.7 Å². The van der Waals surface area contributed by atoms with Crippen molar-refractivity contribution in [3.63, 3.8) is 0 Å². The third-order valence-electron chi connectivity index (χ3n) is 4.12. The molecule has 0 unspecified atom stereocenters. The van der Waals surface area contributed by atoms with Crippen molar-refractivity contribution in [2.45, 2.75) is 19.8 Å². The number of nitriles is 1. The zero-order chi connectivity index (χ0) is 22.6. The van der Waals surface area contributed by atoms with Crippen LogP contribution >= 0.6 is 22.6 Å². The minimum atomic E-state index is -1.10. The van der Waals surface area contributed by atoms with Gasteiger partial charge < -0.3 is 19.9 Å². The number of hydrogen-bond acceptors (Lipinski definition) is 5. The maximum Gasteiger partial charge on any atom is 0.341 e. The fraction of sp³-hybridized carbons (Fsp3) is 0.261. The number of carbonyl (C=O) groups excluding carboxylic acids is 1. The van der Waals surface area contributed by atoms with Gasteiger partial charge in [-0.25, -0.2) is 4.79 Å². The van der Waals surface area contributed by atoms with Gasteiger partial charge in [0.2, 0.25) is 0 Å². The Bertz CT molecular complexity index is 983. The molecule has 0 aliphatic heterocycles. The number of hydrogen-bond donors (Lipinski definition) is 2. The number of carboxylic acid groups (broad SMARTS) is 1. The molecule has 31 heavy (non-hydrogen) atoms. The third-order valence-corrected chi connectivity index (χ3v) is 4.92. The summed E-state index contributed by atoms with van der Waals surface area (Å²) in [4.78, 5) is 23.2. The standard InChI is InChI=1S/C23H23IN2O5/c1-2-30-20-13-17(12-19(24)22(20)31-15-21(27)28)11-18(14-25)23(29)26-10-6-9-16-7-4-3-5-8-16/h3-5,7-8,11-13H,2,6,9-10,15H2,1H3,(H,26,29)(H,27,28)/b18-11-. The molecule has 2 N–H and O–H groups in total. The number of nitrogens with one attached hydrogen (secondary N) is 1. The molecule has 2 aromatic rings. The topological polar surface area (TPSA) is 109 Å². The van der Waals surface area contributed by atoms with E-state index in [2.05, 4.69) is 5.32 Å². The number of carboxylic acids is 1. The van der Waals surface area contributed by atoms with Gasteiger partial charge >= 0.3 is 5.97 Å². The summed E-state index contributed by atoms with van der Waals surface area (Å²) in [6, 6.07) is 15.2. The number of ether oxygens (including phenoxy) is 2. The maximum absolute atomic E-state index is 12.4. The molecule has 0 aliphatic carbocycles. The van der Waals surface area contributed by atoms with Crippen LogP contribution in [0.3, 0.4) is 0 Å². The van der Waals surface area contributed by atoms with Crippen molar-refractivity contribution in [1.82, 2.24) is 5.32 Å². The van der Waals surface area contributed by atoms with E-state index in [4.69, 9.17) is 14.6 Å². The average molecular weight is 534 g/mol. The molecular formula is C23H23IN2O5. The summed E-state index contributed by atoms with van der Waals surface area (Å²) in [5.41, 5.74) is 1.74. The molecule has 7 nitrogen and oxygen atoms in total. The molecule has 0 saturated carbocycles. The fourth-order valence-electron chi connectivity index (χ4n) is 2.76. The van der Waals surface area contributed by atoms with Crippen molar-refractivity contribution in [3.8, 4) is 17.6 Å². The summed E-state index contributed by atoms with van der Waals surface area (Å²) < 4.78 is 11.5. The molecular weight excluding hydrogens is 511 g/mol. The Morgan fingerprint density at radius 3 is 2.61 bits per heavy atom. The first-order chi connectivity index (χ1) is 14.9. The fourth-order valence-corrected chi connectivity index (χ4v) is 3.54. The van der Waals surface area contributed by atoms with E-state index >= 15 is 0 Å². The number of benzene rings is 2. The lowest BCUT2D eigenvalue weighted by atomic mass is 10.1. The highest BCUT2D eigenvalue weighted by Gasteiger charge is 2.15. The van der Waals surface area contributed by atoms with Crippen LogP contribution in [0.1, 0.15) is 24.5 Å². The van der Waals surface area contributed by atoms with E-state index in [1.807, 2.05) is 59.0 Å². The van der Waals surface area contributed by atoms with Crippen LogP contribution in [0, 0.1) is 14.9 Å². The molecule has 8 heteroatoms. The molecule has 2 rings (SSSR count). The summed E-state index contributed by atoms with van der Waals surface area (Å²) in [6.07, 6.45) is 3.06. The van der Waals surface area contributed by atoms with Crippen molar-refractivity contribution < 1.29 is 24.2 Å². The van der Waals surface area contributed by atoms with Crippen LogP contribution in [0.4, 0.5) is 0 Å². The quantitative estimate of drug-likeness (QED) is 0.197. The molecule has 0 spiro atoms. The summed E-state index contributed by atoms with van der Waals surface area (Å²) in [5, 5.41) is 21.1. The number of amides is 1. The van der Waals surface area contributed by atoms with Crippen LogP contribution in [0.25, 0.3) is 6.08 Å². The molecule has 0 aliphatic rings. The lowest BCUT2D eigenvalue weighted by Gasteiger charge is -2.13. The predicted molar refractivity (Wildman–Crippen MR) is 125 cm³/mol. The van der Waals surface area contributed by atoms with E-state index in [0.717, 1.165) is 12.8 Å². The first-order valence-electron chi connectivity index (χ1n) is 9.69. The molecule has 0 bridgehead atoms. The van der Waals surface area contributed by atoms with Crippen LogP contribution < -0.4 is 14.8 Å². The van der Waals surface area contributed by atoms with Crippen LogP contribution in [0.5, 0.6) is 11.5 Å². The molecule has 0 radical (unpaired) electrons. The van der Waals surface area contributed by atoms with E-state index < -0.39 is 18.5 Å². The van der Waals surface area contributed by atoms with Crippen molar-refractivity contribution in [2.24, 2.45) is 0 Å². The number of nitrogens with zero attached hydrogens (tertiary/aromatic N) is 1. The zero-order valence-corrected chi connectivity index (χ0v) is 19.2. The second-order valence-electron chi connectivity index (χ2n) is 6.46. The van der Waals surface area contributed by atoms with Crippen molar-refractivity contribution in [3.05, 3.63) is 62.7 Å². The first kappa shape index (κ1) is 24.2. The largest absolute Gasteiger partial charge is 0.490 e. The Morgan fingerprint density at radius 1 is 1.23 bits per heavy atom. The van der Waals surface area contributed by atoms with Gasteiger partial charge in [0.05, 0.1) is 10.2 Å². The molecule has 0 saturated heterocycles. The Morgan fingerprint density at radius 2 is 1.97 bits per heavy atom. The lowest BCUT2D eigenvalue weighted by Crippen LogP contribution is -2.25. The second-order valence-corrected chi connectivity index (χ2v) is 7.62. The molecule has 0 fully saturated rings. The highest BCUT2D eigenvalue weighted by atomic mass is 127. The van der Waals surface area contributed by atoms with Crippen molar-refractivity contribution in [1.29, 1.82) is 5.26 Å². The summed E-state index contributed by atoms with van der Waals surface area (Å²) in [6.45, 7) is 2.09. The van der Waals surface area contributed by atoms with Crippen LogP contribution in [-0.2, 0) is 16.0 Å². The van der Waals surface area contributed by atoms with Gasteiger partial charge in [0.25, 0.3) is 5.91 Å². The number of halogens is 1. The van der Waals surface area contributed by atoms with Gasteiger partial charge in [-0.2, -0.15) is 5.26 Å². The van der Waals surface area contributed by atoms with Crippen LogP contribution in [0.2, 0.25) is 0 Å². The van der Waals surface area contributed by atoms with E-state index in [1.165, 1.54) is 11.6 Å². The second kappa shape index (κ2) is 12.6. The monoisotopic (exact) mass is 534 g/mol. The number of aliphatic carboxylic acids is 1. The first-order valence-corrected chi connectivity index (χ1v) is 10.8. The minimum absolute atomic E-state index is 0.0304. The van der Waals surface area contributed by atoms with Gasteiger partial charge in [0.1, 0.15) is 11.6 Å². The Labute approximate surface area is 194 Å². The number of rotatable bonds is 11. The number of carbonyl (C=O) groups is 2. The summed E-state index contributed by atoms with van der Waals surface area (Å²) in [7, 11) is 0. The van der Waals surface area contributed by atoms with Crippen LogP contribution in [-0.4, -0.2) is 36.7 Å². The highest BCUT2D eigenvalue weighted by Crippen LogP contribution is 2.35. The number of aryl methyl sites for hydroxylation is 1. The molecule has 2 aromatic carbocycles. The average Bonchev–Trinajstić information content (AvgIpc) is 2.75. The van der Waals surface area contributed by atoms with Crippen LogP contribution in [0.15, 0.2) is 48.0 Å². The minimum Gasteiger partial charge on any atom is -0.490 e. The molecule has 0 aromatic heterocycles. The van der Waals surface area contributed by atoms with E-state index in [-0.39, 0.29) is 5.57 Å². The van der Waals surface area contributed by atoms with Gasteiger partial charge in [-0.3, -0.25) is 4.79 Å².